The van der Waals surface area contributed by atoms with E-state index in [9.17, 15) is 19.5 Å². The third-order valence-corrected chi connectivity index (χ3v) is 8.26. The van der Waals surface area contributed by atoms with Crippen LogP contribution in [0.1, 0.15) is 37.8 Å². The molecule has 2 saturated heterocycles. The number of hydrogen-bond donors (Lipinski definition) is 1. The summed E-state index contributed by atoms with van der Waals surface area (Å²) in [6.07, 6.45) is 8.24. The molecule has 1 aromatic carbocycles. The van der Waals surface area contributed by atoms with E-state index in [-0.39, 0.29) is 30.9 Å². The van der Waals surface area contributed by atoms with Crippen molar-refractivity contribution in [2.75, 3.05) is 24.7 Å². The van der Waals surface area contributed by atoms with Gasteiger partial charge in [-0.25, -0.2) is 0 Å². The summed E-state index contributed by atoms with van der Waals surface area (Å²) >= 11 is 0. The van der Waals surface area contributed by atoms with Crippen LogP contribution in [0.25, 0.3) is 0 Å². The largest absolute Gasteiger partial charge is 0.465 e. The number of carbonyl (C=O) groups excluding carboxylic acids is 3. The maximum atomic E-state index is 14.5. The van der Waals surface area contributed by atoms with Crippen molar-refractivity contribution in [3.8, 4) is 0 Å². The Morgan fingerprint density at radius 3 is 2.65 bits per heavy atom. The number of benzene rings is 1. The Hall–Kier alpha value is -2.97. The Kier molecular flexibility index (Phi) is 6.75. The molecule has 1 unspecified atom stereocenters. The molecule has 1 N–H and O–H groups in total. The van der Waals surface area contributed by atoms with Gasteiger partial charge in [-0.05, 0) is 49.8 Å². The fourth-order valence-electron chi connectivity index (χ4n) is 6.40. The topological polar surface area (TPSA) is 96.4 Å². The van der Waals surface area contributed by atoms with Crippen molar-refractivity contribution < 1.29 is 29.0 Å². The lowest BCUT2D eigenvalue weighted by molar-refractivity contribution is -0.155. The highest BCUT2D eigenvalue weighted by atomic mass is 16.6. The minimum absolute atomic E-state index is 0.123. The summed E-state index contributed by atoms with van der Waals surface area (Å²) in [4.78, 5) is 45.3. The molecule has 4 aliphatic heterocycles. The van der Waals surface area contributed by atoms with Crippen LogP contribution in [-0.4, -0.2) is 71.3 Å². The summed E-state index contributed by atoms with van der Waals surface area (Å²) in [5.41, 5.74) is 1.38. The minimum atomic E-state index is -1.35. The van der Waals surface area contributed by atoms with E-state index in [0.717, 1.165) is 23.2 Å². The third kappa shape index (κ3) is 4.01. The average molecular weight is 509 g/mol. The number of anilines is 1. The molecular weight excluding hydrogens is 472 g/mol. The van der Waals surface area contributed by atoms with Crippen LogP contribution in [0.2, 0.25) is 0 Å². The van der Waals surface area contributed by atoms with Crippen molar-refractivity contribution >= 4 is 23.5 Å². The second-order valence-corrected chi connectivity index (χ2v) is 11.0. The van der Waals surface area contributed by atoms with Gasteiger partial charge in [0.25, 0.3) is 5.91 Å². The summed E-state index contributed by atoms with van der Waals surface area (Å²) in [7, 11) is 0. The number of ether oxygens (including phenoxy) is 2. The summed E-state index contributed by atoms with van der Waals surface area (Å²) in [5, 5.41) is 10.4. The van der Waals surface area contributed by atoms with Crippen molar-refractivity contribution in [2.45, 2.75) is 64.3 Å². The van der Waals surface area contributed by atoms with Crippen LogP contribution in [0.3, 0.4) is 0 Å². The molecule has 1 aromatic rings. The van der Waals surface area contributed by atoms with Crippen LogP contribution < -0.4 is 4.90 Å². The maximum absolute atomic E-state index is 14.5. The van der Waals surface area contributed by atoms with E-state index >= 15 is 0 Å². The molecule has 37 heavy (non-hydrogen) atoms. The quantitative estimate of drug-likeness (QED) is 0.496. The molecule has 5 rings (SSSR count). The molecule has 0 saturated carbocycles. The van der Waals surface area contributed by atoms with Gasteiger partial charge in [0.05, 0.1) is 31.3 Å². The second-order valence-electron chi connectivity index (χ2n) is 11.0. The van der Waals surface area contributed by atoms with Gasteiger partial charge in [-0.15, -0.1) is 0 Å². The first-order chi connectivity index (χ1) is 17.7. The average Bonchev–Trinajstić information content (AvgIpc) is 3.26. The monoisotopic (exact) mass is 508 g/mol. The number of cyclic esters (lactones) is 1. The fourth-order valence-corrected chi connectivity index (χ4v) is 6.40. The van der Waals surface area contributed by atoms with Crippen LogP contribution in [0, 0.1) is 31.6 Å². The van der Waals surface area contributed by atoms with E-state index in [2.05, 4.69) is 0 Å². The van der Waals surface area contributed by atoms with E-state index in [0.29, 0.717) is 13.0 Å². The van der Waals surface area contributed by atoms with E-state index in [4.69, 9.17) is 9.47 Å². The van der Waals surface area contributed by atoms with Gasteiger partial charge in [-0.2, -0.15) is 0 Å². The van der Waals surface area contributed by atoms with Gasteiger partial charge in [0.1, 0.15) is 17.6 Å². The number of amides is 2. The lowest BCUT2D eigenvalue weighted by Crippen LogP contribution is -2.59. The Labute approximate surface area is 217 Å². The fraction of sp³-hybridized carbons (Fsp3) is 0.552. The van der Waals surface area contributed by atoms with Gasteiger partial charge >= 0.3 is 5.97 Å². The molecule has 6 atom stereocenters. The number of carbonyl (C=O) groups is 3. The van der Waals surface area contributed by atoms with Crippen molar-refractivity contribution in [1.82, 2.24) is 4.90 Å². The number of aliphatic hydroxyl groups is 1. The third-order valence-electron chi connectivity index (χ3n) is 8.26. The first kappa shape index (κ1) is 25.7. The number of rotatable bonds is 4. The molecule has 2 fully saturated rings. The molecule has 0 aliphatic carbocycles. The molecule has 4 heterocycles. The number of aliphatic hydroxyl groups excluding tert-OH is 1. The van der Waals surface area contributed by atoms with Crippen LogP contribution in [-0.2, 0) is 23.9 Å². The van der Waals surface area contributed by atoms with E-state index in [1.807, 2.05) is 70.2 Å². The van der Waals surface area contributed by atoms with E-state index < -0.39 is 41.6 Å². The molecule has 0 aromatic heterocycles. The molecular formula is C29H36N2O6. The number of likely N-dealkylation sites (tertiary alicyclic amines) is 1. The zero-order valence-corrected chi connectivity index (χ0v) is 21.9. The van der Waals surface area contributed by atoms with Crippen molar-refractivity contribution in [3.05, 3.63) is 53.6 Å². The van der Waals surface area contributed by atoms with Crippen molar-refractivity contribution in [2.24, 2.45) is 17.8 Å². The number of fused-ring (bicyclic) bond motifs is 2. The van der Waals surface area contributed by atoms with Gasteiger partial charge in [-0.1, -0.05) is 50.3 Å². The normalized spacial score (nSPS) is 33.2. The van der Waals surface area contributed by atoms with Crippen LogP contribution in [0.4, 0.5) is 5.69 Å². The lowest BCUT2D eigenvalue weighted by atomic mass is 9.78. The summed E-state index contributed by atoms with van der Waals surface area (Å²) in [5.74, 6) is -3.03. The lowest BCUT2D eigenvalue weighted by Gasteiger charge is -2.40. The Balaban J connectivity index is 1.67. The molecule has 4 aliphatic rings. The molecule has 198 valence electrons. The highest BCUT2D eigenvalue weighted by Crippen LogP contribution is 2.54. The SMILES string of the molecule is Cc1ccc(C)c(N2CC=C[C@]34O[C@H]5/C=C\CCCOC(=O)[C@H]5[C@H]3C(=O)N([C@@H](CO)C(C)C)C4C2=O)c1. The first-order valence-electron chi connectivity index (χ1n) is 13.2. The first-order valence-corrected chi connectivity index (χ1v) is 13.2. The van der Waals surface area contributed by atoms with Crippen LogP contribution >= 0.6 is 0 Å². The van der Waals surface area contributed by atoms with Crippen molar-refractivity contribution in [3.63, 3.8) is 0 Å². The number of esters is 1. The minimum Gasteiger partial charge on any atom is -0.465 e. The van der Waals surface area contributed by atoms with Crippen LogP contribution in [0.5, 0.6) is 0 Å². The molecule has 8 nitrogen and oxygen atoms in total. The molecule has 0 radical (unpaired) electrons. The Bertz CT molecular complexity index is 1160. The van der Waals surface area contributed by atoms with Gasteiger partial charge in [0.15, 0.2) is 0 Å². The predicted octanol–water partition coefficient (Wildman–Crippen LogP) is 2.70. The van der Waals surface area contributed by atoms with E-state index in [1.165, 1.54) is 4.90 Å². The van der Waals surface area contributed by atoms with Crippen LogP contribution in [0.15, 0.2) is 42.5 Å². The van der Waals surface area contributed by atoms with Crippen molar-refractivity contribution in [1.29, 1.82) is 0 Å². The number of nitrogens with zero attached hydrogens (tertiary/aromatic N) is 2. The molecule has 1 spiro atoms. The number of hydrogen-bond acceptors (Lipinski definition) is 6. The van der Waals surface area contributed by atoms with Gasteiger partial charge < -0.3 is 24.4 Å². The Morgan fingerprint density at radius 2 is 1.92 bits per heavy atom. The zero-order chi connectivity index (χ0) is 26.5. The highest BCUT2D eigenvalue weighted by molar-refractivity contribution is 6.06. The van der Waals surface area contributed by atoms with Gasteiger partial charge in [0, 0.05) is 12.2 Å². The molecule has 8 heteroatoms. The predicted molar refractivity (Wildman–Crippen MR) is 138 cm³/mol. The van der Waals surface area contributed by atoms with Gasteiger partial charge in [-0.3, -0.25) is 14.4 Å². The second kappa shape index (κ2) is 9.72. The maximum Gasteiger partial charge on any atom is 0.312 e. The van der Waals surface area contributed by atoms with Gasteiger partial charge in [0.2, 0.25) is 5.91 Å². The summed E-state index contributed by atoms with van der Waals surface area (Å²) in [6.45, 7) is 8.02. The zero-order valence-electron chi connectivity index (χ0n) is 21.9. The number of allylic oxidation sites excluding steroid dienone is 1. The number of aryl methyl sites for hydroxylation is 2. The Morgan fingerprint density at radius 1 is 1.14 bits per heavy atom. The van der Waals surface area contributed by atoms with E-state index in [1.54, 1.807) is 4.90 Å². The standard InChI is InChI=1S/C29H36N2O6/c1-17(2)21(16-32)31-25-27(34)30(20-15-18(3)10-11-19(20)4)13-8-12-29(25)24(26(31)33)23-22(37-29)9-6-5-7-14-36-28(23)35/h6,8-12,15,17,21-25,32H,5,7,13-14,16H2,1-4H3/b9-6-/t21-,22-,23+,24-,25?,29-/m0/s1. The summed E-state index contributed by atoms with van der Waals surface area (Å²) < 4.78 is 12.2. The molecule has 0 bridgehead atoms. The molecule has 2 amide bonds. The summed E-state index contributed by atoms with van der Waals surface area (Å²) in [6, 6.07) is 4.31. The smallest absolute Gasteiger partial charge is 0.312 e. The highest BCUT2D eigenvalue weighted by Gasteiger charge is 2.72.